The van der Waals surface area contributed by atoms with Crippen molar-refractivity contribution in [1.29, 1.82) is 0 Å². The Kier molecular flexibility index (Phi) is 5.68. The smallest absolute Gasteiger partial charge is 0.338 e. The quantitative estimate of drug-likeness (QED) is 0.398. The molecule has 0 aliphatic carbocycles. The Morgan fingerprint density at radius 3 is 2.42 bits per heavy atom. The van der Waals surface area contributed by atoms with Crippen LogP contribution in [-0.4, -0.2) is 36.6 Å². The zero-order chi connectivity index (χ0) is 25.7. The highest BCUT2D eigenvalue weighted by molar-refractivity contribution is 7.07. The number of para-hydroxylation sites is 1. The number of aromatic nitrogens is 1. The second-order valence-electron chi connectivity index (χ2n) is 8.31. The molecule has 0 N–H and O–H groups in total. The van der Waals surface area contributed by atoms with Crippen LogP contribution in [0.1, 0.15) is 31.0 Å². The summed E-state index contributed by atoms with van der Waals surface area (Å²) >= 11 is 1.11. The van der Waals surface area contributed by atoms with Gasteiger partial charge in [-0.2, -0.15) is 0 Å². The first-order valence-electron chi connectivity index (χ1n) is 11.0. The van der Waals surface area contributed by atoms with E-state index in [2.05, 4.69) is 4.99 Å². The van der Waals surface area contributed by atoms with E-state index < -0.39 is 23.5 Å². The van der Waals surface area contributed by atoms with Crippen molar-refractivity contribution in [1.82, 2.24) is 4.57 Å². The molecule has 1 amide bonds. The number of amides is 1. The first kappa shape index (κ1) is 23.4. The summed E-state index contributed by atoms with van der Waals surface area (Å²) in [6, 6.07) is 13.0. The second-order valence-corrected chi connectivity index (χ2v) is 9.29. The SMILES string of the molecule is COC(=O)C1=C(C)N=c2sc(=C3C(=O)N(C)c4ccccc43)c(=O)n2C1c1ccc(OC(C)=O)cc1. The lowest BCUT2D eigenvalue weighted by Crippen LogP contribution is -2.40. The largest absolute Gasteiger partial charge is 0.466 e. The Morgan fingerprint density at radius 2 is 1.75 bits per heavy atom. The van der Waals surface area contributed by atoms with E-state index in [0.717, 1.165) is 11.3 Å². The van der Waals surface area contributed by atoms with Gasteiger partial charge in [0, 0.05) is 19.5 Å². The van der Waals surface area contributed by atoms with Gasteiger partial charge in [0.1, 0.15) is 10.3 Å². The molecule has 3 heterocycles. The van der Waals surface area contributed by atoms with Gasteiger partial charge >= 0.3 is 11.9 Å². The number of likely N-dealkylation sites (N-methyl/N-ethyl adjacent to an activating group) is 1. The standard InChI is InChI=1S/C26H21N3O6S/c1-13-19(25(33)34-4)21(15-9-11-16(12-10-15)35-14(2)30)29-24(32)22(36-26(29)27-13)20-17-7-5-6-8-18(17)28(3)23(20)31/h5-12,21H,1-4H3. The lowest BCUT2D eigenvalue weighted by Gasteiger charge is -2.24. The van der Waals surface area contributed by atoms with Crippen LogP contribution in [0.2, 0.25) is 0 Å². The van der Waals surface area contributed by atoms with E-state index in [9.17, 15) is 19.2 Å². The number of rotatable bonds is 3. The molecule has 3 aromatic rings. The molecule has 2 aliphatic heterocycles. The van der Waals surface area contributed by atoms with E-state index in [1.165, 1.54) is 23.5 Å². The fraction of sp³-hybridized carbons (Fsp3) is 0.192. The molecule has 1 atom stereocenters. The van der Waals surface area contributed by atoms with Crippen molar-refractivity contribution < 1.29 is 23.9 Å². The third kappa shape index (κ3) is 3.57. The molecule has 36 heavy (non-hydrogen) atoms. The highest BCUT2D eigenvalue weighted by Gasteiger charge is 2.36. The topological polar surface area (TPSA) is 107 Å². The van der Waals surface area contributed by atoms with Crippen LogP contribution in [0.3, 0.4) is 0 Å². The molecule has 2 aromatic carbocycles. The van der Waals surface area contributed by atoms with Crippen molar-refractivity contribution in [3.8, 4) is 5.75 Å². The summed E-state index contributed by atoms with van der Waals surface area (Å²) in [4.78, 5) is 57.6. The minimum Gasteiger partial charge on any atom is -0.466 e. The summed E-state index contributed by atoms with van der Waals surface area (Å²) in [6.45, 7) is 2.98. The van der Waals surface area contributed by atoms with Crippen LogP contribution in [0.4, 0.5) is 5.69 Å². The Balaban J connectivity index is 1.78. The van der Waals surface area contributed by atoms with Gasteiger partial charge in [0.15, 0.2) is 4.80 Å². The Bertz CT molecular complexity index is 1660. The Morgan fingerprint density at radius 1 is 1.06 bits per heavy atom. The molecule has 0 spiro atoms. The van der Waals surface area contributed by atoms with Crippen LogP contribution in [0.25, 0.3) is 5.57 Å². The van der Waals surface area contributed by atoms with Crippen molar-refractivity contribution in [3.05, 3.63) is 90.6 Å². The molecular formula is C26H21N3O6S. The van der Waals surface area contributed by atoms with Crippen LogP contribution in [0.15, 0.2) is 69.6 Å². The van der Waals surface area contributed by atoms with Gasteiger partial charge in [-0.05, 0) is 30.7 Å². The summed E-state index contributed by atoms with van der Waals surface area (Å²) in [5, 5.41) is 0. The molecule has 0 bridgehead atoms. The van der Waals surface area contributed by atoms with Gasteiger partial charge in [-0.25, -0.2) is 9.79 Å². The summed E-state index contributed by atoms with van der Waals surface area (Å²) in [7, 11) is 2.93. The van der Waals surface area contributed by atoms with E-state index in [-0.39, 0.29) is 16.0 Å². The number of thiazole rings is 1. The number of benzene rings is 2. The maximum Gasteiger partial charge on any atom is 0.338 e. The Hall–Kier alpha value is -4.31. The van der Waals surface area contributed by atoms with Gasteiger partial charge in [-0.3, -0.25) is 19.0 Å². The average Bonchev–Trinajstić information content (AvgIpc) is 3.30. The van der Waals surface area contributed by atoms with E-state index in [1.807, 2.05) is 18.2 Å². The van der Waals surface area contributed by atoms with Crippen molar-refractivity contribution in [2.75, 3.05) is 19.1 Å². The number of hydrogen-bond acceptors (Lipinski definition) is 8. The van der Waals surface area contributed by atoms with Crippen molar-refractivity contribution >= 4 is 40.4 Å². The molecule has 5 rings (SSSR count). The monoisotopic (exact) mass is 503 g/mol. The summed E-state index contributed by atoms with van der Waals surface area (Å²) in [5.74, 6) is -1.04. The predicted octanol–water partition coefficient (Wildman–Crippen LogP) is 1.68. The van der Waals surface area contributed by atoms with Gasteiger partial charge in [0.2, 0.25) is 0 Å². The van der Waals surface area contributed by atoms with E-state index >= 15 is 0 Å². The fourth-order valence-corrected chi connectivity index (χ4v) is 5.67. The normalized spacial score (nSPS) is 17.9. The zero-order valence-corrected chi connectivity index (χ0v) is 20.7. The van der Waals surface area contributed by atoms with Gasteiger partial charge < -0.3 is 14.4 Å². The lowest BCUT2D eigenvalue weighted by molar-refractivity contribution is -0.136. The number of fused-ring (bicyclic) bond motifs is 2. The maximum atomic E-state index is 13.9. The minimum atomic E-state index is -0.848. The van der Waals surface area contributed by atoms with Crippen LogP contribution >= 0.6 is 11.3 Å². The first-order chi connectivity index (χ1) is 17.2. The second kappa shape index (κ2) is 8.72. The molecule has 0 radical (unpaired) electrons. The fourth-order valence-electron chi connectivity index (χ4n) is 4.53. The zero-order valence-electron chi connectivity index (χ0n) is 19.9. The predicted molar refractivity (Wildman–Crippen MR) is 132 cm³/mol. The number of nitrogens with zero attached hydrogens (tertiary/aromatic N) is 3. The number of anilines is 1. The molecule has 1 aromatic heterocycles. The van der Waals surface area contributed by atoms with Crippen LogP contribution in [-0.2, 0) is 19.1 Å². The number of ether oxygens (including phenoxy) is 2. The number of esters is 2. The summed E-state index contributed by atoms with van der Waals surface area (Å²) in [6.07, 6.45) is 0. The number of allylic oxidation sites excluding steroid dienone is 1. The van der Waals surface area contributed by atoms with Crippen molar-refractivity contribution in [2.45, 2.75) is 19.9 Å². The highest BCUT2D eigenvalue weighted by atomic mass is 32.1. The maximum absolute atomic E-state index is 13.9. The average molecular weight is 504 g/mol. The lowest BCUT2D eigenvalue weighted by atomic mass is 9.96. The molecule has 0 fully saturated rings. The third-order valence-electron chi connectivity index (χ3n) is 6.14. The van der Waals surface area contributed by atoms with Gasteiger partial charge in [-0.15, -0.1) is 0 Å². The molecule has 1 unspecified atom stereocenters. The number of carbonyl (C=O) groups is 3. The summed E-state index contributed by atoms with van der Waals surface area (Å²) < 4.78 is 11.8. The number of hydrogen-bond donors (Lipinski definition) is 0. The summed E-state index contributed by atoms with van der Waals surface area (Å²) in [5.41, 5.74) is 2.46. The van der Waals surface area contributed by atoms with Gasteiger partial charge in [0.25, 0.3) is 11.5 Å². The van der Waals surface area contributed by atoms with E-state index in [0.29, 0.717) is 38.6 Å². The molecule has 2 aliphatic rings. The van der Waals surface area contributed by atoms with E-state index in [1.54, 1.807) is 44.3 Å². The minimum absolute atomic E-state index is 0.206. The van der Waals surface area contributed by atoms with Gasteiger partial charge in [-0.1, -0.05) is 41.7 Å². The van der Waals surface area contributed by atoms with E-state index in [4.69, 9.17) is 9.47 Å². The van der Waals surface area contributed by atoms with Gasteiger partial charge in [0.05, 0.1) is 35.7 Å². The molecule has 10 heteroatoms. The van der Waals surface area contributed by atoms with Crippen LogP contribution in [0.5, 0.6) is 5.75 Å². The number of methoxy groups -OCH3 is 1. The number of carbonyl (C=O) groups excluding carboxylic acids is 3. The molecule has 9 nitrogen and oxygen atoms in total. The molecular weight excluding hydrogens is 482 g/mol. The molecule has 0 saturated carbocycles. The van der Waals surface area contributed by atoms with Crippen LogP contribution in [0, 0.1) is 0 Å². The first-order valence-corrected chi connectivity index (χ1v) is 11.8. The van der Waals surface area contributed by atoms with Crippen LogP contribution < -0.4 is 24.5 Å². The molecule has 0 saturated heterocycles. The Labute approximate surface area is 209 Å². The van der Waals surface area contributed by atoms with Crippen molar-refractivity contribution in [3.63, 3.8) is 0 Å². The third-order valence-corrected chi connectivity index (χ3v) is 7.19. The highest BCUT2D eigenvalue weighted by Crippen LogP contribution is 2.34. The van der Waals surface area contributed by atoms with Crippen molar-refractivity contribution in [2.24, 2.45) is 4.99 Å². The molecule has 182 valence electrons.